The fourth-order valence-electron chi connectivity index (χ4n) is 0.990. The Morgan fingerprint density at radius 2 is 1.75 bits per heavy atom. The van der Waals surface area contributed by atoms with Gasteiger partial charge in [-0.2, -0.15) is 0 Å². The molecule has 0 aliphatic rings. The molecule has 1 aromatic carbocycles. The first-order valence-corrected chi connectivity index (χ1v) is 3.99. The van der Waals surface area contributed by atoms with Crippen LogP contribution in [0.1, 0.15) is 19.4 Å². The Labute approximate surface area is 73.3 Å². The molecule has 0 saturated heterocycles. The minimum Gasteiger partial charge on any atom is -0.300 e. The molecule has 0 heterocycles. The lowest BCUT2D eigenvalue weighted by atomic mass is 10.1. The van der Waals surface area contributed by atoms with Crippen molar-refractivity contribution >= 4 is 5.71 Å². The Bertz CT molecular complexity index is 292. The van der Waals surface area contributed by atoms with Gasteiger partial charge in [0, 0.05) is 0 Å². The molecule has 12 heavy (non-hydrogen) atoms. The second-order valence-corrected chi connectivity index (χ2v) is 3.00. The molecule has 0 aliphatic heterocycles. The fourth-order valence-corrected chi connectivity index (χ4v) is 0.990. The highest BCUT2D eigenvalue weighted by Gasteiger charge is 1.94. The molecule has 1 aromatic rings. The molecule has 0 saturated carbocycles. The second-order valence-electron chi connectivity index (χ2n) is 3.00. The average molecular weight is 159 g/mol. The lowest BCUT2D eigenvalue weighted by Gasteiger charge is -1.97. The van der Waals surface area contributed by atoms with Crippen molar-refractivity contribution in [3.05, 3.63) is 47.5 Å². The molecule has 0 aromatic heterocycles. The van der Waals surface area contributed by atoms with Gasteiger partial charge in [-0.1, -0.05) is 35.9 Å². The molecule has 62 valence electrons. The van der Waals surface area contributed by atoms with Gasteiger partial charge in [-0.05, 0) is 25.5 Å². The van der Waals surface area contributed by atoms with Gasteiger partial charge in [-0.3, -0.25) is 0 Å². The summed E-state index contributed by atoms with van der Waals surface area (Å²) in [5.41, 5.74) is 2.71. The third kappa shape index (κ3) is 2.35. The van der Waals surface area contributed by atoms with Crippen molar-refractivity contribution < 1.29 is 0 Å². The summed E-state index contributed by atoms with van der Waals surface area (Å²) in [7, 11) is 0. The molecule has 1 heteroatoms. The Morgan fingerprint density at radius 1 is 1.17 bits per heavy atom. The summed E-state index contributed by atoms with van der Waals surface area (Å²) in [5.74, 6) is 0. The van der Waals surface area contributed by atoms with E-state index in [4.69, 9.17) is 5.41 Å². The quantitative estimate of drug-likeness (QED) is 0.641. The van der Waals surface area contributed by atoms with Gasteiger partial charge >= 0.3 is 0 Å². The third-order valence-corrected chi connectivity index (χ3v) is 1.52. The van der Waals surface area contributed by atoms with Crippen molar-refractivity contribution in [1.82, 2.24) is 0 Å². The summed E-state index contributed by atoms with van der Waals surface area (Å²) in [5, 5.41) is 7.68. The number of allylic oxidation sites excluding steroid dienone is 2. The standard InChI is InChI=1S/C11H13N/c1-9(2)8-11(12)10-6-4-3-5-7-10/h3-8,12H,1-2H3. The zero-order valence-electron chi connectivity index (χ0n) is 7.46. The molecule has 0 aliphatic carbocycles. The Hall–Kier alpha value is -1.37. The molecule has 0 bridgehead atoms. The van der Waals surface area contributed by atoms with Crippen LogP contribution in [0.25, 0.3) is 0 Å². The van der Waals surface area contributed by atoms with Gasteiger partial charge in [0.25, 0.3) is 0 Å². The van der Waals surface area contributed by atoms with E-state index in [1.807, 2.05) is 50.3 Å². The van der Waals surface area contributed by atoms with E-state index >= 15 is 0 Å². The van der Waals surface area contributed by atoms with E-state index in [9.17, 15) is 0 Å². The maximum Gasteiger partial charge on any atom is 0.0611 e. The first-order chi connectivity index (χ1) is 5.70. The van der Waals surface area contributed by atoms with Crippen LogP contribution in [0.15, 0.2) is 42.0 Å². The van der Waals surface area contributed by atoms with Gasteiger partial charge in [0.2, 0.25) is 0 Å². The van der Waals surface area contributed by atoms with Gasteiger partial charge in [-0.15, -0.1) is 0 Å². The van der Waals surface area contributed by atoms with Crippen LogP contribution in [-0.2, 0) is 0 Å². The normalized spacial score (nSPS) is 9.17. The van der Waals surface area contributed by atoms with Crippen molar-refractivity contribution in [2.45, 2.75) is 13.8 Å². The van der Waals surface area contributed by atoms with Crippen LogP contribution >= 0.6 is 0 Å². The first-order valence-electron chi connectivity index (χ1n) is 3.99. The van der Waals surface area contributed by atoms with Gasteiger partial charge in [0.05, 0.1) is 5.71 Å². The smallest absolute Gasteiger partial charge is 0.0611 e. The molecule has 0 unspecified atom stereocenters. The van der Waals surface area contributed by atoms with Gasteiger partial charge in [0.1, 0.15) is 0 Å². The topological polar surface area (TPSA) is 23.9 Å². The number of rotatable bonds is 2. The van der Waals surface area contributed by atoms with Crippen molar-refractivity contribution in [1.29, 1.82) is 5.41 Å². The van der Waals surface area contributed by atoms with Crippen LogP contribution in [-0.4, -0.2) is 5.71 Å². The fraction of sp³-hybridized carbons (Fsp3) is 0.182. The van der Waals surface area contributed by atoms with Crippen molar-refractivity contribution in [2.24, 2.45) is 0 Å². The van der Waals surface area contributed by atoms with E-state index in [0.29, 0.717) is 5.71 Å². The number of hydrogen-bond donors (Lipinski definition) is 1. The largest absolute Gasteiger partial charge is 0.300 e. The summed E-state index contributed by atoms with van der Waals surface area (Å²) >= 11 is 0. The zero-order valence-corrected chi connectivity index (χ0v) is 7.46. The highest BCUT2D eigenvalue weighted by atomic mass is 14.4. The van der Waals surface area contributed by atoms with Crippen LogP contribution in [0.3, 0.4) is 0 Å². The first kappa shape index (κ1) is 8.72. The third-order valence-electron chi connectivity index (χ3n) is 1.52. The number of benzene rings is 1. The molecule has 0 spiro atoms. The number of hydrogen-bond acceptors (Lipinski definition) is 1. The van der Waals surface area contributed by atoms with E-state index in [0.717, 1.165) is 11.1 Å². The van der Waals surface area contributed by atoms with Gasteiger partial charge < -0.3 is 5.41 Å². The molecule has 0 fully saturated rings. The highest BCUT2D eigenvalue weighted by Crippen LogP contribution is 2.02. The van der Waals surface area contributed by atoms with E-state index in [2.05, 4.69) is 0 Å². The van der Waals surface area contributed by atoms with E-state index < -0.39 is 0 Å². The van der Waals surface area contributed by atoms with Crippen LogP contribution in [0.2, 0.25) is 0 Å². The maximum atomic E-state index is 7.68. The van der Waals surface area contributed by atoms with Crippen LogP contribution in [0.5, 0.6) is 0 Å². The predicted molar refractivity (Wildman–Crippen MR) is 52.7 cm³/mol. The van der Waals surface area contributed by atoms with Crippen molar-refractivity contribution in [2.75, 3.05) is 0 Å². The maximum absolute atomic E-state index is 7.68. The summed E-state index contributed by atoms with van der Waals surface area (Å²) < 4.78 is 0. The molecule has 1 rings (SSSR count). The summed E-state index contributed by atoms with van der Waals surface area (Å²) in [6, 6.07) is 9.74. The molecular formula is C11H13N. The predicted octanol–water partition coefficient (Wildman–Crippen LogP) is 3.02. The summed E-state index contributed by atoms with van der Waals surface area (Å²) in [6.45, 7) is 4.00. The Kier molecular flexibility index (Phi) is 2.81. The monoisotopic (exact) mass is 159 g/mol. The van der Waals surface area contributed by atoms with Crippen LogP contribution in [0, 0.1) is 5.41 Å². The average Bonchev–Trinajstić information content (AvgIpc) is 2.05. The van der Waals surface area contributed by atoms with Crippen molar-refractivity contribution in [3.63, 3.8) is 0 Å². The highest BCUT2D eigenvalue weighted by molar-refractivity contribution is 6.06. The summed E-state index contributed by atoms with van der Waals surface area (Å²) in [4.78, 5) is 0. The van der Waals surface area contributed by atoms with Crippen molar-refractivity contribution in [3.8, 4) is 0 Å². The number of nitrogens with one attached hydrogen (secondary N) is 1. The molecule has 0 radical (unpaired) electrons. The zero-order chi connectivity index (χ0) is 8.97. The van der Waals surface area contributed by atoms with E-state index in [1.165, 1.54) is 0 Å². The Balaban J connectivity index is 2.87. The molecule has 0 atom stereocenters. The van der Waals surface area contributed by atoms with Gasteiger partial charge in [-0.25, -0.2) is 0 Å². The lowest BCUT2D eigenvalue weighted by Crippen LogP contribution is -1.93. The second kappa shape index (κ2) is 3.86. The minimum absolute atomic E-state index is 0.579. The molecule has 1 N–H and O–H groups in total. The molecule has 0 amide bonds. The lowest BCUT2D eigenvalue weighted by molar-refractivity contribution is 1.38. The SMILES string of the molecule is CC(C)=CC(=N)c1ccccc1. The van der Waals surface area contributed by atoms with E-state index in [1.54, 1.807) is 0 Å². The molecule has 1 nitrogen and oxygen atoms in total. The molecular weight excluding hydrogens is 146 g/mol. The Morgan fingerprint density at radius 3 is 2.25 bits per heavy atom. The van der Waals surface area contributed by atoms with Gasteiger partial charge in [0.15, 0.2) is 0 Å². The van der Waals surface area contributed by atoms with E-state index in [-0.39, 0.29) is 0 Å². The minimum atomic E-state index is 0.579. The van der Waals surface area contributed by atoms with Crippen LogP contribution < -0.4 is 0 Å². The van der Waals surface area contributed by atoms with Crippen LogP contribution in [0.4, 0.5) is 0 Å². The summed E-state index contributed by atoms with van der Waals surface area (Å²) in [6.07, 6.45) is 1.87.